The first-order valence-corrected chi connectivity index (χ1v) is 8.11. The van der Waals surface area contributed by atoms with Crippen molar-refractivity contribution >= 4 is 21.8 Å². The third-order valence-electron chi connectivity index (χ3n) is 3.90. The van der Waals surface area contributed by atoms with Crippen LogP contribution in [0.4, 0.5) is 0 Å². The molecule has 1 rings (SSSR count). The van der Waals surface area contributed by atoms with E-state index in [1.807, 2.05) is 0 Å². The fraction of sp³-hybridized carbons (Fsp3) is 0.929. The van der Waals surface area contributed by atoms with Gasteiger partial charge in [0.05, 0.1) is 0 Å². The van der Waals surface area contributed by atoms with Crippen LogP contribution in [-0.2, 0) is 4.79 Å². The van der Waals surface area contributed by atoms with Crippen LogP contribution in [-0.4, -0.2) is 16.8 Å². The third-order valence-corrected chi connectivity index (χ3v) is 4.97. The Morgan fingerprint density at radius 3 is 2.53 bits per heavy atom. The van der Waals surface area contributed by atoms with E-state index in [1.54, 1.807) is 0 Å². The number of alkyl halides is 1. The Balaban J connectivity index is 2.37. The van der Waals surface area contributed by atoms with Crippen molar-refractivity contribution in [2.45, 2.75) is 70.8 Å². The van der Waals surface area contributed by atoms with Crippen LogP contribution in [0.1, 0.15) is 65.2 Å². The van der Waals surface area contributed by atoms with Crippen LogP contribution in [0.5, 0.6) is 0 Å². The van der Waals surface area contributed by atoms with E-state index in [0.717, 1.165) is 36.9 Å². The third kappa shape index (κ3) is 4.99. The molecule has 1 fully saturated rings. The standard InChI is InChI=1S/C14H26BrNO/c1-3-4-5-6-13(17)16-14(11-15)9-7-12(2)8-10-14/h12H,3-11H2,1-2H3,(H,16,17). The van der Waals surface area contributed by atoms with Gasteiger partial charge in [-0.25, -0.2) is 0 Å². The molecule has 0 atom stereocenters. The largest absolute Gasteiger partial charge is 0.350 e. The highest BCUT2D eigenvalue weighted by Gasteiger charge is 2.34. The van der Waals surface area contributed by atoms with Crippen molar-refractivity contribution in [1.82, 2.24) is 5.32 Å². The van der Waals surface area contributed by atoms with E-state index in [2.05, 4.69) is 35.1 Å². The van der Waals surface area contributed by atoms with E-state index in [4.69, 9.17) is 0 Å². The molecule has 0 aromatic rings. The van der Waals surface area contributed by atoms with Crippen LogP contribution >= 0.6 is 15.9 Å². The molecular formula is C14H26BrNO. The van der Waals surface area contributed by atoms with Gasteiger partial charge >= 0.3 is 0 Å². The molecule has 0 unspecified atom stereocenters. The van der Waals surface area contributed by atoms with E-state index in [-0.39, 0.29) is 11.4 Å². The van der Waals surface area contributed by atoms with Crippen molar-refractivity contribution in [3.63, 3.8) is 0 Å². The summed E-state index contributed by atoms with van der Waals surface area (Å²) in [6.07, 6.45) is 8.77. The maximum absolute atomic E-state index is 11.9. The number of rotatable bonds is 6. The first-order chi connectivity index (χ1) is 8.12. The molecule has 0 radical (unpaired) electrons. The summed E-state index contributed by atoms with van der Waals surface area (Å²) >= 11 is 3.58. The Bertz CT molecular complexity index is 234. The average molecular weight is 304 g/mol. The van der Waals surface area contributed by atoms with Crippen LogP contribution in [0.3, 0.4) is 0 Å². The number of carbonyl (C=O) groups is 1. The van der Waals surface area contributed by atoms with E-state index in [1.165, 1.54) is 19.3 Å². The summed E-state index contributed by atoms with van der Waals surface area (Å²) in [7, 11) is 0. The Hall–Kier alpha value is -0.0500. The lowest BCUT2D eigenvalue weighted by Gasteiger charge is -2.39. The summed E-state index contributed by atoms with van der Waals surface area (Å²) in [5.41, 5.74) is 0.0375. The smallest absolute Gasteiger partial charge is 0.220 e. The van der Waals surface area contributed by atoms with Gasteiger partial charge in [-0.15, -0.1) is 0 Å². The summed E-state index contributed by atoms with van der Waals surface area (Å²) < 4.78 is 0. The summed E-state index contributed by atoms with van der Waals surface area (Å²) in [5, 5.41) is 4.17. The molecule has 3 heteroatoms. The molecule has 0 aromatic heterocycles. The summed E-state index contributed by atoms with van der Waals surface area (Å²) in [6, 6.07) is 0. The van der Waals surface area contributed by atoms with Gasteiger partial charge in [0.25, 0.3) is 0 Å². The van der Waals surface area contributed by atoms with Crippen LogP contribution in [0, 0.1) is 5.92 Å². The van der Waals surface area contributed by atoms with Crippen molar-refractivity contribution in [1.29, 1.82) is 0 Å². The molecule has 2 nitrogen and oxygen atoms in total. The number of halogens is 1. The molecule has 1 N–H and O–H groups in total. The van der Waals surface area contributed by atoms with Gasteiger partial charge in [-0.05, 0) is 38.0 Å². The van der Waals surface area contributed by atoms with Gasteiger partial charge < -0.3 is 5.32 Å². The predicted molar refractivity (Wildman–Crippen MR) is 76.4 cm³/mol. The highest BCUT2D eigenvalue weighted by molar-refractivity contribution is 9.09. The number of amides is 1. The van der Waals surface area contributed by atoms with Crippen LogP contribution < -0.4 is 5.32 Å². The first kappa shape index (κ1) is 15.0. The molecular weight excluding hydrogens is 278 g/mol. The number of carbonyl (C=O) groups excluding carboxylic acids is 1. The zero-order chi connectivity index (χ0) is 12.7. The summed E-state index contributed by atoms with van der Waals surface area (Å²) in [6.45, 7) is 4.47. The molecule has 1 saturated carbocycles. The number of hydrogen-bond donors (Lipinski definition) is 1. The lowest BCUT2D eigenvalue weighted by molar-refractivity contribution is -0.123. The van der Waals surface area contributed by atoms with Gasteiger partial charge in [0, 0.05) is 17.3 Å². The van der Waals surface area contributed by atoms with Gasteiger partial charge in [-0.3, -0.25) is 4.79 Å². The topological polar surface area (TPSA) is 29.1 Å². The maximum atomic E-state index is 11.9. The molecule has 1 aliphatic carbocycles. The SMILES string of the molecule is CCCCCC(=O)NC1(CBr)CCC(C)CC1. The van der Waals surface area contributed by atoms with Crippen molar-refractivity contribution < 1.29 is 4.79 Å². The van der Waals surface area contributed by atoms with Crippen molar-refractivity contribution in [3.8, 4) is 0 Å². The molecule has 17 heavy (non-hydrogen) atoms. The van der Waals surface area contributed by atoms with Gasteiger partial charge in [-0.1, -0.05) is 42.6 Å². The van der Waals surface area contributed by atoms with E-state index < -0.39 is 0 Å². The maximum Gasteiger partial charge on any atom is 0.220 e. The van der Waals surface area contributed by atoms with Crippen LogP contribution in [0.2, 0.25) is 0 Å². The quantitative estimate of drug-likeness (QED) is 0.582. The number of unbranched alkanes of at least 4 members (excludes halogenated alkanes) is 2. The van der Waals surface area contributed by atoms with Gasteiger partial charge in [0.1, 0.15) is 0 Å². The Morgan fingerprint density at radius 1 is 1.35 bits per heavy atom. The normalized spacial score (nSPS) is 29.0. The molecule has 1 amide bonds. The lowest BCUT2D eigenvalue weighted by Crippen LogP contribution is -2.51. The Morgan fingerprint density at radius 2 is 2.00 bits per heavy atom. The lowest BCUT2D eigenvalue weighted by atomic mass is 9.78. The highest BCUT2D eigenvalue weighted by Crippen LogP contribution is 2.33. The zero-order valence-electron chi connectivity index (χ0n) is 11.2. The van der Waals surface area contributed by atoms with E-state index in [9.17, 15) is 4.79 Å². The van der Waals surface area contributed by atoms with Crippen LogP contribution in [0.25, 0.3) is 0 Å². The van der Waals surface area contributed by atoms with Crippen LogP contribution in [0.15, 0.2) is 0 Å². The van der Waals surface area contributed by atoms with E-state index >= 15 is 0 Å². The zero-order valence-corrected chi connectivity index (χ0v) is 12.8. The molecule has 100 valence electrons. The van der Waals surface area contributed by atoms with Gasteiger partial charge in [-0.2, -0.15) is 0 Å². The van der Waals surface area contributed by atoms with Crippen molar-refractivity contribution in [3.05, 3.63) is 0 Å². The fourth-order valence-corrected chi connectivity index (χ4v) is 3.20. The van der Waals surface area contributed by atoms with Crippen molar-refractivity contribution in [2.75, 3.05) is 5.33 Å². The monoisotopic (exact) mass is 303 g/mol. The minimum atomic E-state index is 0.0375. The molecule has 0 saturated heterocycles. The highest BCUT2D eigenvalue weighted by atomic mass is 79.9. The number of nitrogens with one attached hydrogen (secondary N) is 1. The summed E-state index contributed by atoms with van der Waals surface area (Å²) in [4.78, 5) is 11.9. The Labute approximate surface area is 114 Å². The molecule has 1 aliphatic rings. The van der Waals surface area contributed by atoms with Gasteiger partial charge in [0.15, 0.2) is 0 Å². The van der Waals surface area contributed by atoms with Gasteiger partial charge in [0.2, 0.25) is 5.91 Å². The minimum Gasteiger partial charge on any atom is -0.350 e. The number of hydrogen-bond acceptors (Lipinski definition) is 1. The molecule has 0 heterocycles. The Kier molecular flexibility index (Phi) is 6.53. The average Bonchev–Trinajstić information content (AvgIpc) is 2.33. The fourth-order valence-electron chi connectivity index (χ4n) is 2.50. The van der Waals surface area contributed by atoms with Crippen molar-refractivity contribution in [2.24, 2.45) is 5.92 Å². The molecule has 0 bridgehead atoms. The summed E-state index contributed by atoms with van der Waals surface area (Å²) in [5.74, 6) is 1.06. The second-order valence-corrected chi connectivity index (χ2v) is 6.16. The second kappa shape index (κ2) is 7.40. The second-order valence-electron chi connectivity index (χ2n) is 5.60. The molecule has 0 spiro atoms. The van der Waals surface area contributed by atoms with E-state index in [0.29, 0.717) is 6.42 Å². The molecule has 0 aliphatic heterocycles. The molecule has 0 aromatic carbocycles. The first-order valence-electron chi connectivity index (χ1n) is 6.99. The predicted octanol–water partition coefficient (Wildman–Crippen LogP) is 4.03. The minimum absolute atomic E-state index is 0.0375.